The Morgan fingerprint density at radius 3 is 2.41 bits per heavy atom. The smallest absolute Gasteiger partial charge is 0.228 e. The van der Waals surface area contributed by atoms with Crippen molar-refractivity contribution in [1.82, 2.24) is 0 Å². The third kappa shape index (κ3) is 5.60. The number of carbonyl (C=O) groups excluding carboxylic acids is 1. The van der Waals surface area contributed by atoms with Crippen molar-refractivity contribution in [3.63, 3.8) is 0 Å². The van der Waals surface area contributed by atoms with Crippen LogP contribution in [0.25, 0.3) is 0 Å². The second-order valence-corrected chi connectivity index (χ2v) is 5.29. The van der Waals surface area contributed by atoms with Gasteiger partial charge in [0.1, 0.15) is 5.75 Å². The van der Waals surface area contributed by atoms with Gasteiger partial charge in [0, 0.05) is 5.69 Å². The molecule has 0 saturated heterocycles. The van der Waals surface area contributed by atoms with Crippen molar-refractivity contribution in [2.24, 2.45) is 0 Å². The first-order chi connectivity index (χ1) is 10.8. The molecule has 2 aromatic rings. The Bertz CT molecular complexity index is 564. The molecular formula is C19H23NO2. The molecule has 1 N–H and O–H groups in total. The lowest BCUT2D eigenvalue weighted by Gasteiger charge is -2.08. The summed E-state index contributed by atoms with van der Waals surface area (Å²) in [6.45, 7) is 2.92. The molecule has 22 heavy (non-hydrogen) atoms. The summed E-state index contributed by atoms with van der Waals surface area (Å²) in [5.41, 5.74) is 1.80. The molecule has 2 rings (SSSR count). The number of anilines is 1. The molecule has 0 heterocycles. The second-order valence-electron chi connectivity index (χ2n) is 5.29. The lowest BCUT2D eigenvalue weighted by Crippen LogP contribution is -2.14. The van der Waals surface area contributed by atoms with E-state index in [-0.39, 0.29) is 5.91 Å². The molecule has 0 bridgehead atoms. The van der Waals surface area contributed by atoms with E-state index in [9.17, 15) is 4.79 Å². The van der Waals surface area contributed by atoms with Gasteiger partial charge in [-0.3, -0.25) is 4.79 Å². The minimum Gasteiger partial charge on any atom is -0.494 e. The van der Waals surface area contributed by atoms with E-state index in [1.54, 1.807) is 0 Å². The molecule has 0 aliphatic carbocycles. The quantitative estimate of drug-likeness (QED) is 0.732. The molecule has 0 aliphatic heterocycles. The van der Waals surface area contributed by atoms with Crippen molar-refractivity contribution in [1.29, 1.82) is 0 Å². The number of benzene rings is 2. The molecular weight excluding hydrogens is 274 g/mol. The van der Waals surface area contributed by atoms with Crippen LogP contribution in [0.4, 0.5) is 5.69 Å². The zero-order chi connectivity index (χ0) is 15.6. The summed E-state index contributed by atoms with van der Waals surface area (Å²) in [6.07, 6.45) is 3.84. The third-order valence-electron chi connectivity index (χ3n) is 3.36. The Balaban J connectivity index is 1.79. The van der Waals surface area contributed by atoms with Crippen LogP contribution in [0.1, 0.15) is 31.7 Å². The molecule has 0 fully saturated rings. The summed E-state index contributed by atoms with van der Waals surface area (Å²) in [4.78, 5) is 12.0. The van der Waals surface area contributed by atoms with E-state index >= 15 is 0 Å². The highest BCUT2D eigenvalue weighted by Gasteiger charge is 2.04. The van der Waals surface area contributed by atoms with E-state index in [4.69, 9.17) is 4.74 Å². The van der Waals surface area contributed by atoms with Gasteiger partial charge in [0.25, 0.3) is 0 Å². The van der Waals surface area contributed by atoms with Crippen molar-refractivity contribution >= 4 is 11.6 Å². The maximum absolute atomic E-state index is 12.0. The lowest BCUT2D eigenvalue weighted by atomic mass is 10.1. The van der Waals surface area contributed by atoms with E-state index in [1.165, 1.54) is 12.8 Å². The largest absolute Gasteiger partial charge is 0.494 e. The van der Waals surface area contributed by atoms with Gasteiger partial charge in [-0.1, -0.05) is 50.1 Å². The van der Waals surface area contributed by atoms with Crippen LogP contribution in [-0.2, 0) is 11.2 Å². The van der Waals surface area contributed by atoms with E-state index in [2.05, 4.69) is 12.2 Å². The molecule has 0 unspecified atom stereocenters. The van der Waals surface area contributed by atoms with Crippen LogP contribution >= 0.6 is 0 Å². The predicted octanol–water partition coefficient (Wildman–Crippen LogP) is 4.44. The Morgan fingerprint density at radius 2 is 1.73 bits per heavy atom. The summed E-state index contributed by atoms with van der Waals surface area (Å²) >= 11 is 0. The molecule has 1 amide bonds. The molecule has 0 radical (unpaired) electrons. The molecule has 0 saturated carbocycles. The summed E-state index contributed by atoms with van der Waals surface area (Å²) in [6, 6.07) is 17.3. The van der Waals surface area contributed by atoms with Crippen LogP contribution in [-0.4, -0.2) is 12.5 Å². The summed E-state index contributed by atoms with van der Waals surface area (Å²) < 4.78 is 5.65. The first-order valence-electron chi connectivity index (χ1n) is 7.84. The number of hydrogen-bond acceptors (Lipinski definition) is 2. The van der Waals surface area contributed by atoms with E-state index in [0.29, 0.717) is 6.42 Å². The molecule has 3 heteroatoms. The molecule has 0 aliphatic rings. The maximum Gasteiger partial charge on any atom is 0.228 e. The zero-order valence-corrected chi connectivity index (χ0v) is 13.0. The zero-order valence-electron chi connectivity index (χ0n) is 13.0. The van der Waals surface area contributed by atoms with Crippen LogP contribution in [0.5, 0.6) is 5.75 Å². The summed E-state index contributed by atoms with van der Waals surface area (Å²) in [5, 5.41) is 2.90. The fourth-order valence-corrected chi connectivity index (χ4v) is 2.16. The number of amides is 1. The number of nitrogens with one attached hydrogen (secondary N) is 1. The predicted molar refractivity (Wildman–Crippen MR) is 90.2 cm³/mol. The van der Waals surface area contributed by atoms with Gasteiger partial charge < -0.3 is 10.1 Å². The second kappa shape index (κ2) is 8.88. The number of hydrogen-bond donors (Lipinski definition) is 1. The van der Waals surface area contributed by atoms with Gasteiger partial charge in [-0.2, -0.15) is 0 Å². The first kappa shape index (κ1) is 16.1. The molecule has 2 aromatic carbocycles. The summed E-state index contributed by atoms with van der Waals surface area (Å²) in [5.74, 6) is 0.833. The van der Waals surface area contributed by atoms with Gasteiger partial charge in [0.2, 0.25) is 5.91 Å². The first-order valence-corrected chi connectivity index (χ1v) is 7.84. The van der Waals surface area contributed by atoms with E-state index < -0.39 is 0 Å². The van der Waals surface area contributed by atoms with Crippen molar-refractivity contribution in [3.8, 4) is 5.75 Å². The van der Waals surface area contributed by atoms with Crippen LogP contribution in [0, 0.1) is 0 Å². The fourth-order valence-electron chi connectivity index (χ4n) is 2.16. The maximum atomic E-state index is 12.0. The van der Waals surface area contributed by atoms with Crippen molar-refractivity contribution in [2.75, 3.05) is 11.9 Å². The highest BCUT2D eigenvalue weighted by molar-refractivity contribution is 5.92. The average molecular weight is 297 g/mol. The fraction of sp³-hybridized carbons (Fsp3) is 0.316. The van der Waals surface area contributed by atoms with Crippen LogP contribution in [0.2, 0.25) is 0 Å². The van der Waals surface area contributed by atoms with Crippen molar-refractivity contribution in [2.45, 2.75) is 32.6 Å². The van der Waals surface area contributed by atoms with Gasteiger partial charge in [0.05, 0.1) is 13.0 Å². The van der Waals surface area contributed by atoms with Crippen LogP contribution in [0.15, 0.2) is 54.6 Å². The molecule has 3 nitrogen and oxygen atoms in total. The number of rotatable bonds is 8. The highest BCUT2D eigenvalue weighted by atomic mass is 16.5. The van der Waals surface area contributed by atoms with Crippen molar-refractivity contribution in [3.05, 3.63) is 60.2 Å². The van der Waals surface area contributed by atoms with Crippen LogP contribution in [0.3, 0.4) is 0 Å². The molecule has 0 aromatic heterocycles. The summed E-state index contributed by atoms with van der Waals surface area (Å²) in [7, 11) is 0. The molecule has 0 spiro atoms. The Kier molecular flexibility index (Phi) is 6.49. The Hall–Kier alpha value is -2.29. The van der Waals surface area contributed by atoms with E-state index in [1.807, 2.05) is 54.6 Å². The third-order valence-corrected chi connectivity index (χ3v) is 3.36. The van der Waals surface area contributed by atoms with Gasteiger partial charge in [-0.15, -0.1) is 0 Å². The Morgan fingerprint density at radius 1 is 1.00 bits per heavy atom. The van der Waals surface area contributed by atoms with Gasteiger partial charge in [-0.05, 0) is 36.2 Å². The van der Waals surface area contributed by atoms with Gasteiger partial charge in [0.15, 0.2) is 0 Å². The standard InChI is InChI=1S/C19H23NO2/c1-2-3-7-14-22-18-12-10-17(11-13-18)20-19(21)15-16-8-5-4-6-9-16/h4-6,8-13H,2-3,7,14-15H2,1H3,(H,20,21). The van der Waals surface area contributed by atoms with Crippen LogP contribution < -0.4 is 10.1 Å². The molecule has 0 atom stereocenters. The normalized spacial score (nSPS) is 10.2. The minimum absolute atomic E-state index is 0.0113. The average Bonchev–Trinajstić information content (AvgIpc) is 2.54. The monoisotopic (exact) mass is 297 g/mol. The van der Waals surface area contributed by atoms with Gasteiger partial charge in [-0.25, -0.2) is 0 Å². The minimum atomic E-state index is -0.0113. The highest BCUT2D eigenvalue weighted by Crippen LogP contribution is 2.16. The molecule has 116 valence electrons. The topological polar surface area (TPSA) is 38.3 Å². The SMILES string of the molecule is CCCCCOc1ccc(NC(=O)Cc2ccccc2)cc1. The number of ether oxygens (including phenoxy) is 1. The number of carbonyl (C=O) groups is 1. The van der Waals surface area contributed by atoms with Crippen molar-refractivity contribution < 1.29 is 9.53 Å². The van der Waals surface area contributed by atoms with E-state index in [0.717, 1.165) is 30.0 Å². The van der Waals surface area contributed by atoms with Gasteiger partial charge >= 0.3 is 0 Å². The lowest BCUT2D eigenvalue weighted by molar-refractivity contribution is -0.115. The Labute approximate surface area is 132 Å². The number of unbranched alkanes of at least 4 members (excludes halogenated alkanes) is 2.